The van der Waals surface area contributed by atoms with Crippen molar-refractivity contribution in [3.63, 3.8) is 0 Å². The molecule has 1 heterocycles. The van der Waals surface area contributed by atoms with E-state index in [0.717, 1.165) is 0 Å². The molecule has 1 unspecified atom stereocenters. The summed E-state index contributed by atoms with van der Waals surface area (Å²) in [5.41, 5.74) is 1.42. The topological polar surface area (TPSA) is 79.0 Å². The summed E-state index contributed by atoms with van der Waals surface area (Å²) in [6.45, 7) is 1.67. The predicted molar refractivity (Wildman–Crippen MR) is 102 cm³/mol. The zero-order valence-electron chi connectivity index (χ0n) is 16.3. The van der Waals surface area contributed by atoms with Gasteiger partial charge >= 0.3 is 6.09 Å². The van der Waals surface area contributed by atoms with Gasteiger partial charge in [-0.25, -0.2) is 9.18 Å². The van der Waals surface area contributed by atoms with E-state index >= 15 is 4.39 Å². The summed E-state index contributed by atoms with van der Waals surface area (Å²) in [6, 6.07) is 3.03. The average Bonchev–Trinajstić information content (AvgIpc) is 2.91. The molecule has 1 aliphatic heterocycles. The maximum atomic E-state index is 15.3. The standard InChI is InChI=1S/C20H24FN3O4/c1-12(25)22-9-14-11-24(20(27)28-14)17-8-7-16-15(18(17)21)6-4-5-13(19(16)26)10-23(2)3/h7-8,10,14H,4-6,9,11H2,1-3H3,(H,22,25). The molecular formula is C20H24FN3O4. The molecule has 0 bridgehead atoms. The van der Waals surface area contributed by atoms with Crippen molar-refractivity contribution in [2.45, 2.75) is 32.3 Å². The van der Waals surface area contributed by atoms with Gasteiger partial charge in [-0.05, 0) is 31.4 Å². The zero-order chi connectivity index (χ0) is 20.4. The van der Waals surface area contributed by atoms with Gasteiger partial charge in [-0.3, -0.25) is 14.5 Å². The van der Waals surface area contributed by atoms with Crippen LogP contribution in [0.1, 0.15) is 35.7 Å². The van der Waals surface area contributed by atoms with E-state index in [1.165, 1.54) is 17.9 Å². The number of Topliss-reactive ketones (excluding diaryl/α,β-unsaturated/α-hetero) is 1. The Labute approximate surface area is 163 Å². The number of carbonyl (C=O) groups excluding carboxylic acids is 3. The Hall–Kier alpha value is -2.90. The molecular weight excluding hydrogens is 365 g/mol. The molecule has 0 spiro atoms. The van der Waals surface area contributed by atoms with E-state index in [1.807, 2.05) is 14.1 Å². The second kappa shape index (κ2) is 8.00. The lowest BCUT2D eigenvalue weighted by Crippen LogP contribution is -2.33. The Kier molecular flexibility index (Phi) is 5.67. The summed E-state index contributed by atoms with van der Waals surface area (Å²) >= 11 is 0. The van der Waals surface area contributed by atoms with Crippen LogP contribution in [0, 0.1) is 5.82 Å². The minimum atomic E-state index is -0.664. The molecule has 2 amide bonds. The molecule has 1 aromatic rings. The highest BCUT2D eigenvalue weighted by Crippen LogP contribution is 2.33. The first kappa shape index (κ1) is 19.9. The summed E-state index contributed by atoms with van der Waals surface area (Å²) in [6.07, 6.45) is 2.20. The number of anilines is 1. The number of ether oxygens (including phenoxy) is 1. The summed E-state index contributed by atoms with van der Waals surface area (Å²) in [5.74, 6) is -0.973. The number of hydrogen-bond acceptors (Lipinski definition) is 5. The van der Waals surface area contributed by atoms with Crippen molar-refractivity contribution < 1.29 is 23.5 Å². The highest BCUT2D eigenvalue weighted by atomic mass is 19.1. The number of nitrogens with one attached hydrogen (secondary N) is 1. The van der Waals surface area contributed by atoms with Crippen LogP contribution in [-0.4, -0.2) is 56.0 Å². The summed E-state index contributed by atoms with van der Waals surface area (Å²) in [4.78, 5) is 39.1. The van der Waals surface area contributed by atoms with Crippen LogP contribution in [0.2, 0.25) is 0 Å². The Bertz CT molecular complexity index is 850. The molecule has 1 saturated heterocycles. The van der Waals surface area contributed by atoms with Gasteiger partial charge in [0.1, 0.15) is 6.10 Å². The van der Waals surface area contributed by atoms with Gasteiger partial charge in [0.15, 0.2) is 11.6 Å². The summed E-state index contributed by atoms with van der Waals surface area (Å²) in [7, 11) is 3.68. The number of halogens is 1. The number of rotatable bonds is 4. The van der Waals surface area contributed by atoms with Crippen LogP contribution in [-0.2, 0) is 16.0 Å². The summed E-state index contributed by atoms with van der Waals surface area (Å²) in [5, 5.41) is 2.59. The molecule has 28 heavy (non-hydrogen) atoms. The van der Waals surface area contributed by atoms with Crippen molar-refractivity contribution in [2.75, 3.05) is 32.1 Å². The molecule has 0 saturated carbocycles. The third-order valence-electron chi connectivity index (χ3n) is 4.79. The van der Waals surface area contributed by atoms with Crippen LogP contribution in [0.3, 0.4) is 0 Å². The van der Waals surface area contributed by atoms with Crippen LogP contribution in [0.5, 0.6) is 0 Å². The first-order chi connectivity index (χ1) is 13.3. The number of hydrogen-bond donors (Lipinski definition) is 1. The van der Waals surface area contributed by atoms with Gasteiger partial charge in [0, 0.05) is 43.9 Å². The fourth-order valence-electron chi connectivity index (χ4n) is 3.53. The molecule has 8 heteroatoms. The number of allylic oxidation sites excluding steroid dienone is 1. The number of benzene rings is 1. The van der Waals surface area contributed by atoms with Crippen molar-refractivity contribution in [3.8, 4) is 0 Å². The first-order valence-corrected chi connectivity index (χ1v) is 9.23. The first-order valence-electron chi connectivity index (χ1n) is 9.23. The van der Waals surface area contributed by atoms with Crippen LogP contribution in [0.15, 0.2) is 23.9 Å². The second-order valence-corrected chi connectivity index (χ2v) is 7.28. The summed E-state index contributed by atoms with van der Waals surface area (Å²) < 4.78 is 20.5. The maximum absolute atomic E-state index is 15.3. The number of fused-ring (bicyclic) bond motifs is 1. The minimum absolute atomic E-state index is 0.0990. The van der Waals surface area contributed by atoms with Crippen LogP contribution < -0.4 is 10.2 Å². The van der Waals surface area contributed by atoms with Gasteiger partial charge < -0.3 is 15.0 Å². The van der Waals surface area contributed by atoms with Crippen molar-refractivity contribution in [1.82, 2.24) is 10.2 Å². The van der Waals surface area contributed by atoms with Crippen molar-refractivity contribution in [1.29, 1.82) is 0 Å². The third kappa shape index (κ3) is 4.00. The van der Waals surface area contributed by atoms with Gasteiger partial charge in [0.05, 0.1) is 18.8 Å². The largest absolute Gasteiger partial charge is 0.442 e. The van der Waals surface area contributed by atoms with E-state index < -0.39 is 18.0 Å². The minimum Gasteiger partial charge on any atom is -0.442 e. The Morgan fingerprint density at radius 1 is 1.36 bits per heavy atom. The fraction of sp³-hybridized carbons (Fsp3) is 0.450. The van der Waals surface area contributed by atoms with Gasteiger partial charge in [-0.2, -0.15) is 0 Å². The monoisotopic (exact) mass is 389 g/mol. The smallest absolute Gasteiger partial charge is 0.414 e. The van der Waals surface area contributed by atoms with Gasteiger partial charge in [0.2, 0.25) is 5.91 Å². The molecule has 7 nitrogen and oxygen atoms in total. The molecule has 1 fully saturated rings. The second-order valence-electron chi connectivity index (χ2n) is 7.28. The number of nitrogens with zero attached hydrogens (tertiary/aromatic N) is 2. The van der Waals surface area contributed by atoms with E-state index in [0.29, 0.717) is 36.0 Å². The number of ketones is 1. The molecule has 1 atom stereocenters. The van der Waals surface area contributed by atoms with Gasteiger partial charge in [0.25, 0.3) is 0 Å². The van der Waals surface area contributed by atoms with Crippen molar-refractivity contribution >= 4 is 23.5 Å². The lowest BCUT2D eigenvalue weighted by Gasteiger charge is -2.17. The Morgan fingerprint density at radius 2 is 2.11 bits per heavy atom. The van der Waals surface area contributed by atoms with Crippen molar-refractivity contribution in [3.05, 3.63) is 40.8 Å². The highest BCUT2D eigenvalue weighted by molar-refractivity contribution is 6.10. The molecule has 1 N–H and O–H groups in total. The lowest BCUT2D eigenvalue weighted by atomic mass is 9.98. The van der Waals surface area contributed by atoms with E-state index in [4.69, 9.17) is 4.74 Å². The molecule has 150 valence electrons. The Balaban J connectivity index is 1.88. The van der Waals surface area contributed by atoms with Gasteiger partial charge in [-0.1, -0.05) is 0 Å². The van der Waals surface area contributed by atoms with Crippen LogP contribution in [0.25, 0.3) is 0 Å². The van der Waals surface area contributed by atoms with E-state index in [-0.39, 0.29) is 30.5 Å². The Morgan fingerprint density at radius 3 is 2.79 bits per heavy atom. The zero-order valence-corrected chi connectivity index (χ0v) is 16.3. The number of cyclic esters (lactones) is 1. The normalized spacial score (nSPS) is 20.6. The van der Waals surface area contributed by atoms with Gasteiger partial charge in [-0.15, -0.1) is 0 Å². The van der Waals surface area contributed by atoms with Crippen molar-refractivity contribution in [2.24, 2.45) is 0 Å². The molecule has 3 rings (SSSR count). The molecule has 1 aliphatic carbocycles. The van der Waals surface area contributed by atoms with E-state index in [2.05, 4.69) is 5.32 Å². The third-order valence-corrected chi connectivity index (χ3v) is 4.79. The molecule has 2 aliphatic rings. The molecule has 0 aromatic heterocycles. The number of amides is 2. The maximum Gasteiger partial charge on any atom is 0.414 e. The van der Waals surface area contributed by atoms with E-state index in [9.17, 15) is 14.4 Å². The fourth-order valence-corrected chi connectivity index (χ4v) is 3.53. The average molecular weight is 389 g/mol. The highest BCUT2D eigenvalue weighted by Gasteiger charge is 2.35. The van der Waals surface area contributed by atoms with Crippen LogP contribution in [0.4, 0.5) is 14.9 Å². The number of carbonyl (C=O) groups is 3. The van der Waals surface area contributed by atoms with Crippen LogP contribution >= 0.6 is 0 Å². The predicted octanol–water partition coefficient (Wildman–Crippen LogP) is 2.25. The SMILES string of the molecule is CC(=O)NCC1CN(c2ccc3c(c2F)CCCC(=CN(C)C)C3=O)C(=O)O1. The van der Waals surface area contributed by atoms with E-state index in [1.54, 1.807) is 17.2 Å². The lowest BCUT2D eigenvalue weighted by molar-refractivity contribution is -0.119. The molecule has 0 radical (unpaired) electrons. The molecule has 1 aromatic carbocycles. The quantitative estimate of drug-likeness (QED) is 0.631.